The summed E-state index contributed by atoms with van der Waals surface area (Å²) in [7, 11) is 0. The van der Waals surface area contributed by atoms with Gasteiger partial charge in [0, 0.05) is 36.6 Å². The molecule has 5 rings (SSSR count). The number of carbonyl (C=O) groups is 2. The normalized spacial score (nSPS) is 28.1. The Kier molecular flexibility index (Phi) is 10.5. The number of carboxylic acids is 2. The van der Waals surface area contributed by atoms with Crippen LogP contribution in [0.5, 0.6) is 0 Å². The van der Waals surface area contributed by atoms with Gasteiger partial charge < -0.3 is 25.2 Å². The lowest BCUT2D eigenvalue weighted by Crippen LogP contribution is -2.69. The summed E-state index contributed by atoms with van der Waals surface area (Å²) < 4.78 is 6.14. The molecular formula is C37H44Cl2N2O5. The molecule has 0 amide bonds. The van der Waals surface area contributed by atoms with E-state index < -0.39 is 40.8 Å². The summed E-state index contributed by atoms with van der Waals surface area (Å²) in [5, 5.41) is 25.1. The first-order chi connectivity index (χ1) is 22.0. The van der Waals surface area contributed by atoms with Gasteiger partial charge in [0.25, 0.3) is 0 Å². The molecule has 2 aliphatic heterocycles. The van der Waals surface area contributed by atoms with Gasteiger partial charge in [0.15, 0.2) is 0 Å². The third-order valence-corrected chi connectivity index (χ3v) is 11.8. The SMILES string of the molecule is CC1NC(C)C(CCOCCN2CCC(c3ccccc3)(c3ccccc3)CC2)(C(=O)O)C(c2cccc(Cl)c2Cl)C1(C)C(=O)O. The fraction of sp³-hybridized carbons (Fsp3) is 0.459. The topological polar surface area (TPSA) is 99.1 Å². The number of hydrogen-bond donors (Lipinski definition) is 3. The van der Waals surface area contributed by atoms with Crippen molar-refractivity contribution in [1.82, 2.24) is 10.2 Å². The Balaban J connectivity index is 1.29. The van der Waals surface area contributed by atoms with E-state index in [2.05, 4.69) is 70.9 Å². The Hall–Kier alpha value is -2.94. The monoisotopic (exact) mass is 666 g/mol. The van der Waals surface area contributed by atoms with Crippen LogP contribution in [-0.2, 0) is 19.7 Å². The Morgan fingerprint density at radius 1 is 0.848 bits per heavy atom. The summed E-state index contributed by atoms with van der Waals surface area (Å²) in [4.78, 5) is 28.6. The smallest absolute Gasteiger partial charge is 0.311 e. The quantitative estimate of drug-likeness (QED) is 0.188. The maximum absolute atomic E-state index is 13.3. The van der Waals surface area contributed by atoms with E-state index in [9.17, 15) is 19.8 Å². The molecular weight excluding hydrogens is 623 g/mol. The van der Waals surface area contributed by atoms with Gasteiger partial charge >= 0.3 is 11.9 Å². The number of nitrogens with one attached hydrogen (secondary N) is 1. The Morgan fingerprint density at radius 2 is 1.43 bits per heavy atom. The minimum atomic E-state index is -1.52. The second-order valence-corrected chi connectivity index (χ2v) is 13.9. The average molecular weight is 668 g/mol. The molecule has 2 fully saturated rings. The van der Waals surface area contributed by atoms with Crippen LogP contribution in [0, 0.1) is 10.8 Å². The largest absolute Gasteiger partial charge is 0.481 e. The summed E-state index contributed by atoms with van der Waals surface area (Å²) in [6, 6.07) is 25.4. The predicted octanol–water partition coefficient (Wildman–Crippen LogP) is 7.11. The van der Waals surface area contributed by atoms with Crippen LogP contribution in [0.3, 0.4) is 0 Å². The zero-order chi connectivity index (χ0) is 33.1. The Bertz CT molecular complexity index is 1470. The number of rotatable bonds is 11. The van der Waals surface area contributed by atoms with Crippen LogP contribution in [0.25, 0.3) is 0 Å². The molecule has 0 aliphatic carbocycles. The molecule has 0 aromatic heterocycles. The van der Waals surface area contributed by atoms with Crippen LogP contribution >= 0.6 is 23.2 Å². The van der Waals surface area contributed by atoms with Crippen molar-refractivity contribution in [3.05, 3.63) is 106 Å². The highest BCUT2D eigenvalue weighted by Crippen LogP contribution is 2.58. The second-order valence-electron chi connectivity index (χ2n) is 13.1. The van der Waals surface area contributed by atoms with Crippen LogP contribution in [0.1, 0.15) is 62.6 Å². The fourth-order valence-electron chi connectivity index (χ4n) is 8.11. The number of aliphatic carboxylic acids is 2. The van der Waals surface area contributed by atoms with Crippen LogP contribution in [0.2, 0.25) is 10.0 Å². The molecule has 7 nitrogen and oxygen atoms in total. The lowest BCUT2D eigenvalue weighted by atomic mass is 9.51. The van der Waals surface area contributed by atoms with Crippen molar-refractivity contribution in [3.63, 3.8) is 0 Å². The molecule has 246 valence electrons. The molecule has 46 heavy (non-hydrogen) atoms. The number of ether oxygens (including phenoxy) is 1. The zero-order valence-corrected chi connectivity index (χ0v) is 28.2. The molecule has 2 aliphatic rings. The molecule has 3 aromatic rings. The van der Waals surface area contributed by atoms with Crippen LogP contribution in [0.4, 0.5) is 0 Å². The first-order valence-electron chi connectivity index (χ1n) is 16.1. The third-order valence-electron chi connectivity index (χ3n) is 11.0. The number of carboxylic acid groups (broad SMARTS) is 2. The number of piperidine rings is 2. The number of halogens is 2. The molecule has 0 saturated carbocycles. The van der Waals surface area contributed by atoms with Gasteiger partial charge in [-0.25, -0.2) is 0 Å². The highest BCUT2D eigenvalue weighted by Gasteiger charge is 2.65. The molecule has 2 heterocycles. The Morgan fingerprint density at radius 3 is 1.98 bits per heavy atom. The summed E-state index contributed by atoms with van der Waals surface area (Å²) in [6.07, 6.45) is 2.07. The molecule has 3 aromatic carbocycles. The van der Waals surface area contributed by atoms with E-state index in [1.165, 1.54) is 11.1 Å². The van der Waals surface area contributed by atoms with E-state index in [1.807, 2.05) is 0 Å². The number of benzene rings is 3. The van der Waals surface area contributed by atoms with Crippen molar-refractivity contribution < 1.29 is 24.5 Å². The van der Waals surface area contributed by atoms with Gasteiger partial charge in [-0.15, -0.1) is 0 Å². The van der Waals surface area contributed by atoms with Crippen molar-refractivity contribution >= 4 is 35.1 Å². The van der Waals surface area contributed by atoms with Gasteiger partial charge in [0.2, 0.25) is 0 Å². The van der Waals surface area contributed by atoms with E-state index in [4.69, 9.17) is 27.9 Å². The van der Waals surface area contributed by atoms with E-state index in [1.54, 1.807) is 39.0 Å². The molecule has 0 bridgehead atoms. The van der Waals surface area contributed by atoms with Crippen molar-refractivity contribution in [2.45, 2.75) is 63.5 Å². The van der Waals surface area contributed by atoms with Gasteiger partial charge in [-0.3, -0.25) is 9.59 Å². The van der Waals surface area contributed by atoms with Gasteiger partial charge in [-0.2, -0.15) is 0 Å². The maximum Gasteiger partial charge on any atom is 0.311 e. The fourth-order valence-corrected chi connectivity index (χ4v) is 8.53. The highest BCUT2D eigenvalue weighted by molar-refractivity contribution is 6.42. The van der Waals surface area contributed by atoms with Crippen molar-refractivity contribution in [3.8, 4) is 0 Å². The first-order valence-corrected chi connectivity index (χ1v) is 16.8. The third kappa shape index (κ3) is 6.09. The molecule has 0 radical (unpaired) electrons. The van der Waals surface area contributed by atoms with E-state index >= 15 is 0 Å². The first kappa shape index (κ1) is 34.4. The van der Waals surface area contributed by atoms with E-state index in [-0.39, 0.29) is 28.5 Å². The molecule has 5 atom stereocenters. The molecule has 2 saturated heterocycles. The molecule has 5 unspecified atom stereocenters. The summed E-state index contributed by atoms with van der Waals surface area (Å²) >= 11 is 13.1. The number of nitrogens with zero attached hydrogens (tertiary/aromatic N) is 1. The molecule has 0 spiro atoms. The number of likely N-dealkylation sites (tertiary alicyclic amines) is 1. The van der Waals surface area contributed by atoms with E-state index in [0.29, 0.717) is 12.2 Å². The predicted molar refractivity (Wildman–Crippen MR) is 182 cm³/mol. The average Bonchev–Trinajstić information content (AvgIpc) is 3.05. The summed E-state index contributed by atoms with van der Waals surface area (Å²) in [6.45, 7) is 8.33. The van der Waals surface area contributed by atoms with Crippen LogP contribution in [-0.4, -0.2) is 72.0 Å². The maximum atomic E-state index is 13.3. The summed E-state index contributed by atoms with van der Waals surface area (Å²) in [5.74, 6) is -3.16. The lowest BCUT2D eigenvalue weighted by Gasteiger charge is -2.56. The van der Waals surface area contributed by atoms with Gasteiger partial charge in [-0.05, 0) is 75.9 Å². The van der Waals surface area contributed by atoms with Gasteiger partial charge in [0.05, 0.1) is 27.5 Å². The van der Waals surface area contributed by atoms with Crippen molar-refractivity contribution in [2.75, 3.05) is 32.8 Å². The zero-order valence-electron chi connectivity index (χ0n) is 26.7. The van der Waals surface area contributed by atoms with Crippen molar-refractivity contribution in [2.24, 2.45) is 10.8 Å². The van der Waals surface area contributed by atoms with Crippen LogP contribution in [0.15, 0.2) is 78.9 Å². The molecule has 9 heteroatoms. The highest BCUT2D eigenvalue weighted by atomic mass is 35.5. The summed E-state index contributed by atoms with van der Waals surface area (Å²) in [5.41, 5.74) is 0.0469. The van der Waals surface area contributed by atoms with Gasteiger partial charge in [0.1, 0.15) is 0 Å². The lowest BCUT2D eigenvalue weighted by molar-refractivity contribution is -0.172. The van der Waals surface area contributed by atoms with Crippen LogP contribution < -0.4 is 5.32 Å². The number of hydrogen-bond acceptors (Lipinski definition) is 5. The van der Waals surface area contributed by atoms with E-state index in [0.717, 1.165) is 32.5 Å². The Labute approximate surface area is 281 Å². The minimum Gasteiger partial charge on any atom is -0.481 e. The second kappa shape index (κ2) is 14.0. The minimum absolute atomic E-state index is 0.0393. The standard InChI is InChI=1S/C37H44Cl2N2O5/c1-25-35(3,33(42)43)32(29-15-10-16-30(38)31(29)39)37(34(44)45,26(2)40-25)19-23-46-24-22-41-20-17-36(18-21-41,27-11-6-4-7-12-27)28-13-8-5-9-14-28/h4-16,25-26,32,40H,17-24H2,1-3H3,(H,42,43)(H,44,45). The van der Waals surface area contributed by atoms with Crippen molar-refractivity contribution in [1.29, 1.82) is 0 Å². The molecule has 3 N–H and O–H groups in total. The van der Waals surface area contributed by atoms with Gasteiger partial charge in [-0.1, -0.05) is 96.0 Å².